The minimum atomic E-state index is -0.628. The van der Waals surface area contributed by atoms with E-state index in [4.69, 9.17) is 4.74 Å². The molecule has 1 aromatic carbocycles. The average molecular weight is 414 g/mol. The first kappa shape index (κ1) is 21.1. The maximum absolute atomic E-state index is 12.9. The number of Topliss-reactive ketones (excluding diaryl/α,β-unsaturated/α-hetero) is 1. The number of hydrogen-bond acceptors (Lipinski definition) is 5. The normalized spacial score (nSPS) is 18.7. The Kier molecular flexibility index (Phi) is 6.42. The molecule has 0 bridgehead atoms. The number of unbranched alkanes of at least 4 members (excludes halogenated alkanes) is 1. The van der Waals surface area contributed by atoms with Crippen molar-refractivity contribution in [2.75, 3.05) is 6.54 Å². The second kappa shape index (κ2) is 8.82. The van der Waals surface area contributed by atoms with Crippen LogP contribution in [0.5, 0.6) is 5.75 Å². The van der Waals surface area contributed by atoms with Crippen molar-refractivity contribution in [1.82, 2.24) is 4.90 Å². The summed E-state index contributed by atoms with van der Waals surface area (Å²) in [7, 11) is 0. The molecule has 5 nitrogen and oxygen atoms in total. The number of carbonyl (C=O) groups is 2. The predicted octanol–water partition coefficient (Wildman–Crippen LogP) is 5.07. The molecule has 1 unspecified atom stereocenters. The standard InChI is InChI=1S/C23H27NO4S/c1-5-6-11-24-20(18-8-7-12-29-18)19(22(26)23(24)27)21(25)16-9-10-17(15(4)13-16)28-14(2)3/h7-10,12-14,20,25H,5-6,11H2,1-4H3/b21-19-. The number of nitrogens with zero attached hydrogens (tertiary/aromatic N) is 1. The molecule has 1 aromatic heterocycles. The minimum absolute atomic E-state index is 0.0378. The fourth-order valence-electron chi connectivity index (χ4n) is 3.52. The van der Waals surface area contributed by atoms with Crippen molar-refractivity contribution in [3.8, 4) is 5.75 Å². The topological polar surface area (TPSA) is 66.8 Å². The quantitative estimate of drug-likeness (QED) is 0.391. The van der Waals surface area contributed by atoms with Gasteiger partial charge in [0, 0.05) is 17.0 Å². The highest BCUT2D eigenvalue weighted by Gasteiger charge is 2.46. The van der Waals surface area contributed by atoms with Crippen LogP contribution in [0, 0.1) is 6.92 Å². The molecule has 2 heterocycles. The van der Waals surface area contributed by atoms with Crippen molar-refractivity contribution in [3.05, 3.63) is 57.3 Å². The lowest BCUT2D eigenvalue weighted by molar-refractivity contribution is -0.139. The molecule has 2 aromatic rings. The van der Waals surface area contributed by atoms with E-state index >= 15 is 0 Å². The zero-order valence-electron chi connectivity index (χ0n) is 17.3. The Morgan fingerprint density at radius 2 is 2.03 bits per heavy atom. The third-order valence-corrected chi connectivity index (χ3v) is 5.84. The highest BCUT2D eigenvalue weighted by molar-refractivity contribution is 7.10. The van der Waals surface area contributed by atoms with Crippen LogP contribution in [0.4, 0.5) is 0 Å². The van der Waals surface area contributed by atoms with Crippen molar-refractivity contribution in [3.63, 3.8) is 0 Å². The van der Waals surface area contributed by atoms with E-state index in [-0.39, 0.29) is 17.4 Å². The summed E-state index contributed by atoms with van der Waals surface area (Å²) in [5, 5.41) is 13.0. The second-order valence-corrected chi connectivity index (χ2v) is 8.49. The molecule has 1 aliphatic rings. The van der Waals surface area contributed by atoms with Crippen LogP contribution in [-0.4, -0.2) is 34.3 Å². The number of aliphatic hydroxyl groups is 1. The number of benzene rings is 1. The number of amides is 1. The largest absolute Gasteiger partial charge is 0.507 e. The van der Waals surface area contributed by atoms with E-state index in [1.807, 2.05) is 45.2 Å². The van der Waals surface area contributed by atoms with Crippen LogP contribution in [0.25, 0.3) is 5.76 Å². The van der Waals surface area contributed by atoms with Gasteiger partial charge in [0.15, 0.2) is 0 Å². The number of ketones is 1. The van der Waals surface area contributed by atoms with Crippen LogP contribution >= 0.6 is 11.3 Å². The maximum atomic E-state index is 12.9. The molecule has 29 heavy (non-hydrogen) atoms. The molecule has 1 saturated heterocycles. The fourth-order valence-corrected chi connectivity index (χ4v) is 4.37. The highest BCUT2D eigenvalue weighted by Crippen LogP contribution is 2.41. The molecule has 1 N–H and O–H groups in total. The van der Waals surface area contributed by atoms with E-state index in [1.165, 1.54) is 11.3 Å². The summed E-state index contributed by atoms with van der Waals surface area (Å²) < 4.78 is 5.76. The van der Waals surface area contributed by atoms with Gasteiger partial charge >= 0.3 is 0 Å². The van der Waals surface area contributed by atoms with Crippen molar-refractivity contribution in [2.45, 2.75) is 52.7 Å². The second-order valence-electron chi connectivity index (χ2n) is 7.51. The molecular formula is C23H27NO4S. The Bertz CT molecular complexity index is 930. The third-order valence-electron chi connectivity index (χ3n) is 4.92. The van der Waals surface area contributed by atoms with Gasteiger partial charge in [0.1, 0.15) is 11.5 Å². The summed E-state index contributed by atoms with van der Waals surface area (Å²) in [6.45, 7) is 8.32. The molecule has 0 spiro atoms. The van der Waals surface area contributed by atoms with Gasteiger partial charge in [0.05, 0.1) is 17.7 Å². The van der Waals surface area contributed by atoms with Crippen LogP contribution < -0.4 is 4.74 Å². The van der Waals surface area contributed by atoms with Crippen LogP contribution in [0.15, 0.2) is 41.3 Å². The fraction of sp³-hybridized carbons (Fsp3) is 0.391. The summed E-state index contributed by atoms with van der Waals surface area (Å²) in [5.74, 6) is -0.582. The number of rotatable bonds is 7. The number of ether oxygens (including phenoxy) is 1. The first-order chi connectivity index (χ1) is 13.8. The van der Waals surface area contributed by atoms with Crippen LogP contribution in [0.2, 0.25) is 0 Å². The highest BCUT2D eigenvalue weighted by atomic mass is 32.1. The Labute approximate surface area is 175 Å². The Balaban J connectivity index is 2.07. The smallest absolute Gasteiger partial charge is 0.295 e. The number of hydrogen-bond donors (Lipinski definition) is 1. The average Bonchev–Trinajstić information content (AvgIpc) is 3.29. The van der Waals surface area contributed by atoms with E-state index in [2.05, 4.69) is 0 Å². The van der Waals surface area contributed by atoms with Crippen molar-refractivity contribution >= 4 is 28.8 Å². The Hall–Kier alpha value is -2.60. The van der Waals surface area contributed by atoms with Gasteiger partial charge in [-0.05, 0) is 62.4 Å². The number of carbonyl (C=O) groups excluding carboxylic acids is 2. The minimum Gasteiger partial charge on any atom is -0.507 e. The summed E-state index contributed by atoms with van der Waals surface area (Å²) in [6, 6.07) is 8.55. The SMILES string of the molecule is CCCCN1C(=O)C(=O)/C(=C(\O)c2ccc(OC(C)C)c(C)c2)C1c1cccs1. The zero-order valence-corrected chi connectivity index (χ0v) is 18.1. The molecule has 3 rings (SSSR count). The molecule has 0 radical (unpaired) electrons. The molecule has 1 fully saturated rings. The van der Waals surface area contributed by atoms with Gasteiger partial charge in [0.2, 0.25) is 0 Å². The Morgan fingerprint density at radius 3 is 2.62 bits per heavy atom. The molecule has 1 aliphatic heterocycles. The molecular weight excluding hydrogens is 386 g/mol. The summed E-state index contributed by atoms with van der Waals surface area (Å²) in [6.07, 6.45) is 1.75. The first-order valence-electron chi connectivity index (χ1n) is 9.94. The molecule has 1 amide bonds. The first-order valence-corrected chi connectivity index (χ1v) is 10.8. The van der Waals surface area contributed by atoms with Gasteiger partial charge in [0.25, 0.3) is 11.7 Å². The molecule has 6 heteroatoms. The lowest BCUT2D eigenvalue weighted by Crippen LogP contribution is -2.30. The molecule has 0 saturated carbocycles. The lowest BCUT2D eigenvalue weighted by atomic mass is 9.98. The van der Waals surface area contributed by atoms with E-state index < -0.39 is 17.7 Å². The van der Waals surface area contributed by atoms with Gasteiger partial charge in [-0.3, -0.25) is 9.59 Å². The van der Waals surface area contributed by atoms with Gasteiger partial charge in [-0.25, -0.2) is 0 Å². The zero-order chi connectivity index (χ0) is 21.1. The third kappa shape index (κ3) is 4.22. The van der Waals surface area contributed by atoms with Gasteiger partial charge in [-0.15, -0.1) is 11.3 Å². The van der Waals surface area contributed by atoms with Crippen molar-refractivity contribution in [2.24, 2.45) is 0 Å². The van der Waals surface area contributed by atoms with E-state index in [1.54, 1.807) is 23.1 Å². The summed E-state index contributed by atoms with van der Waals surface area (Å²) >= 11 is 1.48. The lowest BCUT2D eigenvalue weighted by Gasteiger charge is -2.24. The molecule has 1 atom stereocenters. The van der Waals surface area contributed by atoms with Crippen molar-refractivity contribution < 1.29 is 19.4 Å². The van der Waals surface area contributed by atoms with E-state index in [0.717, 1.165) is 29.0 Å². The van der Waals surface area contributed by atoms with Crippen LogP contribution in [0.3, 0.4) is 0 Å². The summed E-state index contributed by atoms with van der Waals surface area (Å²) in [5.41, 5.74) is 1.52. The van der Waals surface area contributed by atoms with E-state index in [0.29, 0.717) is 12.1 Å². The van der Waals surface area contributed by atoms with Crippen LogP contribution in [0.1, 0.15) is 55.7 Å². The van der Waals surface area contributed by atoms with Crippen molar-refractivity contribution in [1.29, 1.82) is 0 Å². The molecule has 0 aliphatic carbocycles. The Morgan fingerprint density at radius 1 is 1.28 bits per heavy atom. The van der Waals surface area contributed by atoms with Crippen LogP contribution in [-0.2, 0) is 9.59 Å². The maximum Gasteiger partial charge on any atom is 0.295 e. The molecule has 154 valence electrons. The summed E-state index contributed by atoms with van der Waals surface area (Å²) in [4.78, 5) is 28.1. The number of aliphatic hydroxyl groups excluding tert-OH is 1. The number of thiophene rings is 1. The van der Waals surface area contributed by atoms with Gasteiger partial charge < -0.3 is 14.7 Å². The van der Waals surface area contributed by atoms with Gasteiger partial charge in [-0.1, -0.05) is 19.4 Å². The van der Waals surface area contributed by atoms with Gasteiger partial charge in [-0.2, -0.15) is 0 Å². The number of aryl methyl sites for hydroxylation is 1. The predicted molar refractivity (Wildman–Crippen MR) is 115 cm³/mol. The number of likely N-dealkylation sites (tertiary alicyclic amines) is 1. The monoisotopic (exact) mass is 413 g/mol. The van der Waals surface area contributed by atoms with E-state index in [9.17, 15) is 14.7 Å².